The number of ether oxygens (including phenoxy) is 1. The molecule has 1 aromatic carbocycles. The van der Waals surface area contributed by atoms with E-state index in [2.05, 4.69) is 0 Å². The number of likely N-dealkylation sites (tertiary alicyclic amines) is 1. The zero-order valence-corrected chi connectivity index (χ0v) is 14.1. The van der Waals surface area contributed by atoms with Gasteiger partial charge in [-0.05, 0) is 25.0 Å². The first-order valence-electron chi connectivity index (χ1n) is 7.91. The van der Waals surface area contributed by atoms with Crippen molar-refractivity contribution in [2.45, 2.75) is 31.3 Å². The first-order chi connectivity index (χ1) is 11.7. The van der Waals surface area contributed by atoms with Crippen molar-refractivity contribution >= 4 is 19.7 Å². The normalized spacial score (nSPS) is 17.5. The third kappa shape index (κ3) is 4.23. The van der Waals surface area contributed by atoms with Crippen LogP contribution in [0.25, 0.3) is 0 Å². The van der Waals surface area contributed by atoms with Crippen molar-refractivity contribution in [2.24, 2.45) is 11.5 Å². The van der Waals surface area contributed by atoms with Gasteiger partial charge in [-0.15, -0.1) is 0 Å². The summed E-state index contributed by atoms with van der Waals surface area (Å²) in [6.45, 7) is 2.80. The maximum atomic E-state index is 11.5. The Kier molecular flexibility index (Phi) is 5.59. The van der Waals surface area contributed by atoms with E-state index in [4.69, 9.17) is 24.1 Å². The number of aryl methyl sites for hydroxylation is 1. The molecule has 1 aromatic rings. The molecular weight excluding hydrogens is 325 g/mol. The molecule has 1 aliphatic heterocycles. The molecule has 0 bridgehead atoms. The number of hydrogen-bond acceptors (Lipinski definition) is 6. The summed E-state index contributed by atoms with van der Waals surface area (Å²) in [5, 5.41) is 19.5. The molecule has 0 aromatic heterocycles. The van der Waals surface area contributed by atoms with Gasteiger partial charge in [0.25, 0.3) is 0 Å². The van der Waals surface area contributed by atoms with Crippen LogP contribution in [-0.4, -0.2) is 66.1 Å². The van der Waals surface area contributed by atoms with Gasteiger partial charge in [-0.2, -0.15) is 0 Å². The van der Waals surface area contributed by atoms with E-state index in [1.165, 1.54) is 6.07 Å². The Morgan fingerprint density at radius 2 is 2.08 bits per heavy atom. The fourth-order valence-corrected chi connectivity index (χ4v) is 2.73. The lowest BCUT2D eigenvalue weighted by atomic mass is 9.95. The standard InChI is InChI=1S/C16H22BN3O5/c1-16(19,15(18)24)8-20-6-10(7-20)25-11-3-2-9(4-5-17)13(21)12(11)14(22)23/h2-3,10,21H,4-8,19H2,1H3,(H2,18,24)(H,22,23)/t16-/m1/s1. The van der Waals surface area contributed by atoms with Gasteiger partial charge in [0.1, 0.15) is 28.7 Å². The average molecular weight is 347 g/mol. The molecule has 6 N–H and O–H groups in total. The average Bonchev–Trinajstić information content (AvgIpc) is 2.47. The summed E-state index contributed by atoms with van der Waals surface area (Å²) in [4.78, 5) is 24.6. The van der Waals surface area contributed by atoms with Crippen molar-refractivity contribution in [3.8, 4) is 11.5 Å². The fraction of sp³-hybridized carbons (Fsp3) is 0.500. The quantitative estimate of drug-likeness (QED) is 0.464. The number of primary amides is 1. The number of nitrogens with zero attached hydrogens (tertiary/aromatic N) is 1. The van der Waals surface area contributed by atoms with Gasteiger partial charge in [0, 0.05) is 19.6 Å². The topological polar surface area (TPSA) is 139 Å². The van der Waals surface area contributed by atoms with Gasteiger partial charge in [0.15, 0.2) is 0 Å². The predicted octanol–water partition coefficient (Wildman–Crippen LogP) is -0.515. The zero-order valence-electron chi connectivity index (χ0n) is 14.1. The Labute approximate surface area is 147 Å². The number of nitrogens with two attached hydrogens (primary N) is 2. The molecule has 0 unspecified atom stereocenters. The van der Waals surface area contributed by atoms with Gasteiger partial charge >= 0.3 is 5.97 Å². The summed E-state index contributed by atoms with van der Waals surface area (Å²) >= 11 is 0. The number of benzene rings is 1. The van der Waals surface area contributed by atoms with E-state index < -0.39 is 17.4 Å². The number of carboxylic acids is 1. The number of rotatable bonds is 8. The molecule has 134 valence electrons. The van der Waals surface area contributed by atoms with Crippen LogP contribution in [-0.2, 0) is 11.2 Å². The van der Waals surface area contributed by atoms with Gasteiger partial charge in [0.2, 0.25) is 5.91 Å². The SMILES string of the molecule is [B]CCc1ccc(OC2CN(C[C@@](C)(N)C(N)=O)C2)c(C(=O)O)c1O. The molecule has 1 atom stereocenters. The lowest BCUT2D eigenvalue weighted by Crippen LogP contribution is -2.63. The van der Waals surface area contributed by atoms with Gasteiger partial charge in [-0.3, -0.25) is 9.69 Å². The smallest absolute Gasteiger partial charge is 0.343 e. The number of carboxylic acid groups (broad SMARTS) is 1. The predicted molar refractivity (Wildman–Crippen MR) is 92.0 cm³/mol. The second kappa shape index (κ2) is 7.32. The monoisotopic (exact) mass is 347 g/mol. The Balaban J connectivity index is 2.04. The number of amides is 1. The number of phenols is 1. The van der Waals surface area contributed by atoms with E-state index in [1.54, 1.807) is 13.0 Å². The van der Waals surface area contributed by atoms with Crippen molar-refractivity contribution < 1.29 is 24.5 Å². The zero-order chi connectivity index (χ0) is 18.8. The van der Waals surface area contributed by atoms with Crippen molar-refractivity contribution in [2.75, 3.05) is 19.6 Å². The van der Waals surface area contributed by atoms with Gasteiger partial charge in [0.05, 0.1) is 7.85 Å². The maximum Gasteiger partial charge on any atom is 0.343 e. The molecule has 1 heterocycles. The minimum Gasteiger partial charge on any atom is -0.507 e. The van der Waals surface area contributed by atoms with E-state index in [-0.39, 0.29) is 29.7 Å². The number of carbonyl (C=O) groups excluding carboxylic acids is 1. The number of hydrogen-bond donors (Lipinski definition) is 4. The molecule has 2 radical (unpaired) electrons. The third-order valence-electron chi connectivity index (χ3n) is 4.18. The van der Waals surface area contributed by atoms with E-state index in [0.29, 0.717) is 31.4 Å². The van der Waals surface area contributed by atoms with Crippen molar-refractivity contribution in [1.82, 2.24) is 4.90 Å². The van der Waals surface area contributed by atoms with Crippen LogP contribution < -0.4 is 16.2 Å². The second-order valence-electron chi connectivity index (χ2n) is 6.51. The van der Waals surface area contributed by atoms with Gasteiger partial charge in [-0.25, -0.2) is 4.79 Å². The highest BCUT2D eigenvalue weighted by Crippen LogP contribution is 2.33. The Hall–Kier alpha value is -2.26. The van der Waals surface area contributed by atoms with Gasteiger partial charge < -0.3 is 26.4 Å². The molecule has 9 heteroatoms. The van der Waals surface area contributed by atoms with Crippen LogP contribution >= 0.6 is 0 Å². The number of aromatic carboxylic acids is 1. The summed E-state index contributed by atoms with van der Waals surface area (Å²) in [7, 11) is 5.45. The molecule has 8 nitrogen and oxygen atoms in total. The van der Waals surface area contributed by atoms with E-state index in [1.807, 2.05) is 4.90 Å². The van der Waals surface area contributed by atoms with Crippen molar-refractivity contribution in [3.05, 3.63) is 23.3 Å². The van der Waals surface area contributed by atoms with E-state index >= 15 is 0 Å². The van der Waals surface area contributed by atoms with Gasteiger partial charge in [-0.1, -0.05) is 12.4 Å². The number of aromatic hydroxyl groups is 1. The van der Waals surface area contributed by atoms with Crippen LogP contribution in [0, 0.1) is 0 Å². The first-order valence-corrected chi connectivity index (χ1v) is 7.91. The van der Waals surface area contributed by atoms with Crippen LogP contribution in [0.4, 0.5) is 0 Å². The van der Waals surface area contributed by atoms with E-state index in [0.717, 1.165) is 0 Å². The molecule has 0 saturated carbocycles. The first kappa shape index (κ1) is 19.1. The molecule has 1 fully saturated rings. The Bertz CT molecular complexity index is 674. The summed E-state index contributed by atoms with van der Waals surface area (Å²) in [6.07, 6.45) is 0.398. The van der Waals surface area contributed by atoms with Crippen molar-refractivity contribution in [1.29, 1.82) is 0 Å². The number of carbonyl (C=O) groups is 2. The van der Waals surface area contributed by atoms with Crippen molar-refractivity contribution in [3.63, 3.8) is 0 Å². The van der Waals surface area contributed by atoms with Crippen LogP contribution in [0.1, 0.15) is 22.8 Å². The lowest BCUT2D eigenvalue weighted by molar-refractivity contribution is -0.124. The third-order valence-corrected chi connectivity index (χ3v) is 4.18. The Morgan fingerprint density at radius 1 is 1.44 bits per heavy atom. The molecule has 0 aliphatic carbocycles. The van der Waals surface area contributed by atoms with Crippen LogP contribution in [0.5, 0.6) is 11.5 Å². The molecule has 25 heavy (non-hydrogen) atoms. The molecule has 1 saturated heterocycles. The van der Waals surface area contributed by atoms with Crippen LogP contribution in [0.3, 0.4) is 0 Å². The highest BCUT2D eigenvalue weighted by Gasteiger charge is 2.36. The highest BCUT2D eigenvalue weighted by molar-refractivity contribution is 6.08. The molecule has 0 spiro atoms. The summed E-state index contributed by atoms with van der Waals surface area (Å²) in [5.74, 6) is -2.09. The largest absolute Gasteiger partial charge is 0.507 e. The molecule has 1 aliphatic rings. The lowest BCUT2D eigenvalue weighted by Gasteiger charge is -2.42. The van der Waals surface area contributed by atoms with E-state index in [9.17, 15) is 19.8 Å². The Morgan fingerprint density at radius 3 is 2.60 bits per heavy atom. The second-order valence-corrected chi connectivity index (χ2v) is 6.51. The highest BCUT2D eigenvalue weighted by atomic mass is 16.5. The molecular formula is C16H22BN3O5. The van der Waals surface area contributed by atoms with Crippen LogP contribution in [0.2, 0.25) is 6.32 Å². The van der Waals surface area contributed by atoms with Crippen LogP contribution in [0.15, 0.2) is 12.1 Å². The maximum absolute atomic E-state index is 11.5. The summed E-state index contributed by atoms with van der Waals surface area (Å²) in [6, 6.07) is 3.12. The minimum absolute atomic E-state index is 0.0980. The summed E-state index contributed by atoms with van der Waals surface area (Å²) < 4.78 is 5.69. The fourth-order valence-electron chi connectivity index (χ4n) is 2.73. The summed E-state index contributed by atoms with van der Waals surface area (Å²) in [5.41, 5.74) is 10.1. The molecule has 2 rings (SSSR count). The molecule has 1 amide bonds. The minimum atomic E-state index is -1.27.